The Morgan fingerprint density at radius 3 is 2.89 bits per heavy atom. The van der Waals surface area contributed by atoms with Gasteiger partial charge in [-0.3, -0.25) is 4.68 Å². The fraction of sp³-hybridized carbons (Fsp3) is 0.400. The van der Waals surface area contributed by atoms with E-state index in [0.29, 0.717) is 6.54 Å². The van der Waals surface area contributed by atoms with E-state index in [-0.39, 0.29) is 5.41 Å². The molecule has 0 amide bonds. The summed E-state index contributed by atoms with van der Waals surface area (Å²) in [6, 6.07) is 10.1. The van der Waals surface area contributed by atoms with Gasteiger partial charge in [0.05, 0.1) is 5.69 Å². The standard InChI is InChI=1S/C15H19N3O/c1-18-13(7-9-17-18)14(19)15(10-16)8-6-11-4-2-3-5-12(11)15/h2-5,7,9,14,19H,6,8,10,16H2,1H3. The zero-order valence-corrected chi connectivity index (χ0v) is 11.1. The Balaban J connectivity index is 2.09. The molecule has 1 aliphatic carbocycles. The van der Waals surface area contributed by atoms with E-state index < -0.39 is 6.10 Å². The molecule has 1 aromatic carbocycles. The molecular formula is C15H19N3O. The second-order valence-corrected chi connectivity index (χ2v) is 5.30. The summed E-state index contributed by atoms with van der Waals surface area (Å²) in [6.45, 7) is 0.441. The van der Waals surface area contributed by atoms with E-state index >= 15 is 0 Å². The molecule has 0 aliphatic heterocycles. The molecule has 4 nitrogen and oxygen atoms in total. The number of nitrogens with two attached hydrogens (primary N) is 1. The smallest absolute Gasteiger partial charge is 0.106 e. The molecule has 0 saturated carbocycles. The van der Waals surface area contributed by atoms with Crippen LogP contribution in [0.5, 0.6) is 0 Å². The molecule has 2 aromatic rings. The molecule has 0 spiro atoms. The first-order valence-corrected chi connectivity index (χ1v) is 6.63. The summed E-state index contributed by atoms with van der Waals surface area (Å²) in [7, 11) is 1.85. The maximum Gasteiger partial charge on any atom is 0.106 e. The predicted molar refractivity (Wildman–Crippen MR) is 73.7 cm³/mol. The van der Waals surface area contributed by atoms with Gasteiger partial charge in [-0.25, -0.2) is 0 Å². The summed E-state index contributed by atoms with van der Waals surface area (Å²) < 4.78 is 1.73. The molecule has 100 valence electrons. The number of aromatic nitrogens is 2. The average molecular weight is 257 g/mol. The number of nitrogens with zero attached hydrogens (tertiary/aromatic N) is 2. The van der Waals surface area contributed by atoms with E-state index in [0.717, 1.165) is 18.5 Å². The third-order valence-corrected chi connectivity index (χ3v) is 4.42. The molecule has 3 N–H and O–H groups in total. The molecule has 1 aliphatic rings. The molecule has 3 rings (SSSR count). The van der Waals surface area contributed by atoms with Crippen LogP contribution in [0.25, 0.3) is 0 Å². The number of rotatable bonds is 3. The van der Waals surface area contributed by atoms with E-state index in [1.165, 1.54) is 11.1 Å². The highest BCUT2D eigenvalue weighted by Gasteiger charge is 2.44. The van der Waals surface area contributed by atoms with Crippen LogP contribution in [0.2, 0.25) is 0 Å². The first-order valence-electron chi connectivity index (χ1n) is 6.63. The minimum Gasteiger partial charge on any atom is -0.386 e. The van der Waals surface area contributed by atoms with E-state index in [9.17, 15) is 5.11 Å². The largest absolute Gasteiger partial charge is 0.386 e. The summed E-state index contributed by atoms with van der Waals surface area (Å²) in [5, 5.41) is 15.0. The van der Waals surface area contributed by atoms with Gasteiger partial charge in [-0.2, -0.15) is 5.10 Å². The highest BCUT2D eigenvalue weighted by molar-refractivity contribution is 5.42. The van der Waals surface area contributed by atoms with Crippen LogP contribution in [0.4, 0.5) is 0 Å². The lowest BCUT2D eigenvalue weighted by molar-refractivity contribution is 0.0766. The van der Waals surface area contributed by atoms with Crippen molar-refractivity contribution in [1.29, 1.82) is 0 Å². The zero-order valence-electron chi connectivity index (χ0n) is 11.1. The van der Waals surface area contributed by atoms with Crippen molar-refractivity contribution in [2.24, 2.45) is 12.8 Å². The van der Waals surface area contributed by atoms with Gasteiger partial charge < -0.3 is 10.8 Å². The van der Waals surface area contributed by atoms with Crippen molar-refractivity contribution in [3.8, 4) is 0 Å². The minimum absolute atomic E-state index is 0.385. The Morgan fingerprint density at radius 2 is 2.21 bits per heavy atom. The first-order chi connectivity index (χ1) is 9.19. The third-order valence-electron chi connectivity index (χ3n) is 4.42. The summed E-state index contributed by atoms with van der Waals surface area (Å²) in [5.74, 6) is 0. The van der Waals surface area contributed by atoms with E-state index in [1.54, 1.807) is 10.9 Å². The third kappa shape index (κ3) is 1.71. The zero-order chi connectivity index (χ0) is 13.5. The van der Waals surface area contributed by atoms with Crippen LogP contribution in [0, 0.1) is 0 Å². The summed E-state index contributed by atoms with van der Waals surface area (Å²) in [4.78, 5) is 0. The highest BCUT2D eigenvalue weighted by atomic mass is 16.3. The van der Waals surface area contributed by atoms with Crippen molar-refractivity contribution in [1.82, 2.24) is 9.78 Å². The SMILES string of the molecule is Cn1nccc1C(O)C1(CN)CCc2ccccc21. The maximum atomic E-state index is 10.8. The quantitative estimate of drug-likeness (QED) is 0.871. The molecular weight excluding hydrogens is 238 g/mol. The molecule has 0 radical (unpaired) electrons. The number of aryl methyl sites for hydroxylation is 2. The van der Waals surface area contributed by atoms with Gasteiger partial charge in [0.2, 0.25) is 0 Å². The Hall–Kier alpha value is -1.65. The van der Waals surface area contributed by atoms with Crippen LogP contribution in [0.3, 0.4) is 0 Å². The van der Waals surface area contributed by atoms with Gasteiger partial charge in [0.25, 0.3) is 0 Å². The lowest BCUT2D eigenvalue weighted by Gasteiger charge is -2.34. The monoisotopic (exact) mass is 257 g/mol. The van der Waals surface area contributed by atoms with Crippen LogP contribution < -0.4 is 5.73 Å². The van der Waals surface area contributed by atoms with Gasteiger partial charge in [-0.15, -0.1) is 0 Å². The topological polar surface area (TPSA) is 64.1 Å². The Bertz CT molecular complexity index is 593. The summed E-state index contributed by atoms with van der Waals surface area (Å²) in [5.41, 5.74) is 8.97. The number of benzene rings is 1. The number of aliphatic hydroxyl groups excluding tert-OH is 1. The number of aliphatic hydroxyl groups is 1. The van der Waals surface area contributed by atoms with Crippen molar-refractivity contribution in [2.45, 2.75) is 24.4 Å². The maximum absolute atomic E-state index is 10.8. The highest BCUT2D eigenvalue weighted by Crippen LogP contribution is 2.46. The summed E-state index contributed by atoms with van der Waals surface area (Å²) in [6.07, 6.45) is 2.95. The Labute approximate surface area is 112 Å². The van der Waals surface area contributed by atoms with Crippen LogP contribution in [0.1, 0.15) is 29.3 Å². The Kier molecular flexibility index (Phi) is 2.92. The normalized spacial score (nSPS) is 23.3. The molecule has 4 heteroatoms. The minimum atomic E-state index is -0.617. The van der Waals surface area contributed by atoms with Crippen LogP contribution >= 0.6 is 0 Å². The fourth-order valence-electron chi connectivity index (χ4n) is 3.26. The number of fused-ring (bicyclic) bond motifs is 1. The van der Waals surface area contributed by atoms with Gasteiger partial charge >= 0.3 is 0 Å². The molecule has 19 heavy (non-hydrogen) atoms. The van der Waals surface area contributed by atoms with E-state index in [4.69, 9.17) is 5.73 Å². The van der Waals surface area contributed by atoms with Crippen LogP contribution in [0.15, 0.2) is 36.5 Å². The number of hydrogen-bond acceptors (Lipinski definition) is 3. The summed E-state index contributed by atoms with van der Waals surface area (Å²) >= 11 is 0. The van der Waals surface area contributed by atoms with Crippen molar-refractivity contribution in [3.63, 3.8) is 0 Å². The molecule has 2 atom stereocenters. The second-order valence-electron chi connectivity index (χ2n) is 5.30. The van der Waals surface area contributed by atoms with Crippen molar-refractivity contribution in [3.05, 3.63) is 53.3 Å². The van der Waals surface area contributed by atoms with Gasteiger partial charge in [-0.05, 0) is 30.0 Å². The van der Waals surface area contributed by atoms with E-state index in [1.807, 2.05) is 25.2 Å². The van der Waals surface area contributed by atoms with Crippen molar-refractivity contribution in [2.75, 3.05) is 6.54 Å². The van der Waals surface area contributed by atoms with E-state index in [2.05, 4.69) is 17.2 Å². The average Bonchev–Trinajstić information content (AvgIpc) is 3.02. The lowest BCUT2D eigenvalue weighted by atomic mass is 9.75. The first kappa shape index (κ1) is 12.4. The Morgan fingerprint density at radius 1 is 1.42 bits per heavy atom. The van der Waals surface area contributed by atoms with Crippen molar-refractivity contribution < 1.29 is 5.11 Å². The van der Waals surface area contributed by atoms with Gasteiger partial charge in [0.15, 0.2) is 0 Å². The molecule has 2 unspecified atom stereocenters. The van der Waals surface area contributed by atoms with Gasteiger partial charge in [-0.1, -0.05) is 24.3 Å². The lowest BCUT2D eigenvalue weighted by Crippen LogP contribution is -2.40. The molecule has 1 aromatic heterocycles. The van der Waals surface area contributed by atoms with Crippen LogP contribution in [-0.4, -0.2) is 21.4 Å². The van der Waals surface area contributed by atoms with Crippen molar-refractivity contribution >= 4 is 0 Å². The number of hydrogen-bond donors (Lipinski definition) is 2. The molecule has 0 saturated heterocycles. The van der Waals surface area contributed by atoms with Crippen LogP contribution in [-0.2, 0) is 18.9 Å². The van der Waals surface area contributed by atoms with Gasteiger partial charge in [0.1, 0.15) is 6.10 Å². The predicted octanol–water partition coefficient (Wildman–Crippen LogP) is 1.30. The molecule has 1 heterocycles. The van der Waals surface area contributed by atoms with Gasteiger partial charge in [0, 0.05) is 25.2 Å². The molecule has 0 bridgehead atoms. The molecule has 0 fully saturated rings. The second kappa shape index (κ2) is 4.47. The fourth-order valence-corrected chi connectivity index (χ4v) is 3.26.